The minimum absolute atomic E-state index is 0.270. The van der Waals surface area contributed by atoms with Gasteiger partial charge in [-0.15, -0.1) is 0 Å². The molecule has 1 aliphatic rings. The summed E-state index contributed by atoms with van der Waals surface area (Å²) in [7, 11) is 0. The molecule has 0 saturated carbocycles. The van der Waals surface area contributed by atoms with Crippen LogP contribution in [0.2, 0.25) is 0 Å². The van der Waals surface area contributed by atoms with E-state index in [1.165, 1.54) is 6.07 Å². The molecule has 0 amide bonds. The molecule has 2 nitrogen and oxygen atoms in total. The second-order valence-electron chi connectivity index (χ2n) is 5.56. The first kappa shape index (κ1) is 16.2. The average molecular weight is 304 g/mol. The molecule has 2 N–H and O–H groups in total. The molecule has 1 aromatic carbocycles. The van der Waals surface area contributed by atoms with Crippen LogP contribution in [0.5, 0.6) is 0 Å². The first-order valence-electron chi connectivity index (χ1n) is 7.20. The van der Waals surface area contributed by atoms with Crippen LogP contribution in [0.15, 0.2) is 18.2 Å². The maximum atomic E-state index is 13.6. The maximum absolute atomic E-state index is 13.6. The number of hydrogen-bond acceptors (Lipinski definition) is 2. The van der Waals surface area contributed by atoms with Gasteiger partial charge in [0.25, 0.3) is 0 Å². The summed E-state index contributed by atoms with van der Waals surface area (Å²) in [5.74, 6) is -0.867. The molecule has 1 aliphatic heterocycles. The number of likely N-dealkylation sites (tertiary alicyclic amines) is 1. The third kappa shape index (κ3) is 3.74. The Morgan fingerprint density at radius 3 is 2.62 bits per heavy atom. The van der Waals surface area contributed by atoms with Gasteiger partial charge >= 0.3 is 6.18 Å². The average Bonchev–Trinajstić information content (AvgIpc) is 2.37. The Morgan fingerprint density at radius 1 is 1.29 bits per heavy atom. The number of piperidine rings is 1. The summed E-state index contributed by atoms with van der Waals surface area (Å²) in [5.41, 5.74) is 5.47. The van der Waals surface area contributed by atoms with Gasteiger partial charge in [-0.1, -0.05) is 6.92 Å². The fourth-order valence-electron chi connectivity index (χ4n) is 3.04. The van der Waals surface area contributed by atoms with Gasteiger partial charge in [0.15, 0.2) is 0 Å². The smallest absolute Gasteiger partial charge is 0.326 e. The van der Waals surface area contributed by atoms with Crippen LogP contribution in [0.1, 0.15) is 43.4 Å². The van der Waals surface area contributed by atoms with E-state index in [4.69, 9.17) is 5.73 Å². The molecule has 0 aromatic heterocycles. The zero-order valence-corrected chi connectivity index (χ0v) is 12.0. The fraction of sp³-hybridized carbons (Fsp3) is 0.600. The van der Waals surface area contributed by atoms with E-state index >= 15 is 0 Å². The van der Waals surface area contributed by atoms with E-state index < -0.39 is 17.6 Å². The van der Waals surface area contributed by atoms with Crippen molar-refractivity contribution in [1.29, 1.82) is 0 Å². The maximum Gasteiger partial charge on any atom is 0.416 e. The Bertz CT molecular complexity index is 485. The minimum atomic E-state index is -4.55. The van der Waals surface area contributed by atoms with Crippen LogP contribution in [0.25, 0.3) is 0 Å². The molecule has 0 bridgehead atoms. The SMILES string of the molecule is CCCN1CCCC(N)C1c1cc(F)cc(C(F)(F)F)c1. The Morgan fingerprint density at radius 2 is 2.00 bits per heavy atom. The van der Waals surface area contributed by atoms with Gasteiger partial charge in [-0.25, -0.2) is 4.39 Å². The van der Waals surface area contributed by atoms with E-state index in [9.17, 15) is 17.6 Å². The van der Waals surface area contributed by atoms with E-state index in [1.807, 2.05) is 6.92 Å². The summed E-state index contributed by atoms with van der Waals surface area (Å²) in [6, 6.07) is 2.11. The summed E-state index contributed by atoms with van der Waals surface area (Å²) >= 11 is 0. The van der Waals surface area contributed by atoms with Gasteiger partial charge in [0, 0.05) is 12.1 Å². The third-order valence-corrected chi connectivity index (χ3v) is 3.88. The zero-order valence-electron chi connectivity index (χ0n) is 12.0. The van der Waals surface area contributed by atoms with Gasteiger partial charge < -0.3 is 5.73 Å². The van der Waals surface area contributed by atoms with Gasteiger partial charge in [-0.3, -0.25) is 4.90 Å². The lowest BCUT2D eigenvalue weighted by Gasteiger charge is -2.40. The quantitative estimate of drug-likeness (QED) is 0.862. The van der Waals surface area contributed by atoms with Gasteiger partial charge in [0.05, 0.1) is 5.56 Å². The number of alkyl halides is 3. The summed E-state index contributed by atoms with van der Waals surface area (Å²) in [5, 5.41) is 0. The molecular formula is C15H20F4N2. The molecule has 0 aliphatic carbocycles. The molecule has 1 heterocycles. The van der Waals surface area contributed by atoms with Crippen LogP contribution < -0.4 is 5.73 Å². The predicted octanol–water partition coefficient (Wildman–Crippen LogP) is 3.72. The van der Waals surface area contributed by atoms with Crippen molar-refractivity contribution in [3.05, 3.63) is 35.1 Å². The van der Waals surface area contributed by atoms with Crippen molar-refractivity contribution < 1.29 is 17.6 Å². The molecule has 21 heavy (non-hydrogen) atoms. The van der Waals surface area contributed by atoms with Crippen LogP contribution in [0.4, 0.5) is 17.6 Å². The van der Waals surface area contributed by atoms with Crippen molar-refractivity contribution in [2.75, 3.05) is 13.1 Å². The molecule has 1 saturated heterocycles. The van der Waals surface area contributed by atoms with Crippen molar-refractivity contribution in [2.45, 2.75) is 44.4 Å². The van der Waals surface area contributed by atoms with Gasteiger partial charge in [-0.05, 0) is 56.1 Å². The summed E-state index contributed by atoms with van der Waals surface area (Å²) in [4.78, 5) is 2.06. The number of nitrogens with two attached hydrogens (primary N) is 1. The van der Waals surface area contributed by atoms with E-state index in [-0.39, 0.29) is 12.1 Å². The van der Waals surface area contributed by atoms with Crippen LogP contribution in [0, 0.1) is 5.82 Å². The van der Waals surface area contributed by atoms with Gasteiger partial charge in [-0.2, -0.15) is 13.2 Å². The molecule has 118 valence electrons. The molecule has 1 aromatic rings. The second-order valence-corrected chi connectivity index (χ2v) is 5.56. The highest BCUT2D eigenvalue weighted by molar-refractivity contribution is 5.30. The molecule has 0 radical (unpaired) electrons. The van der Waals surface area contributed by atoms with Crippen LogP contribution >= 0.6 is 0 Å². The number of rotatable bonds is 3. The Kier molecular flexibility index (Phi) is 4.88. The van der Waals surface area contributed by atoms with Gasteiger partial charge in [0.1, 0.15) is 5.82 Å². The number of benzene rings is 1. The lowest BCUT2D eigenvalue weighted by Crippen LogP contribution is -2.46. The monoisotopic (exact) mass is 304 g/mol. The molecular weight excluding hydrogens is 284 g/mol. The molecule has 6 heteroatoms. The number of halogens is 4. The Labute approximate surface area is 121 Å². The normalized spacial score (nSPS) is 24.3. The van der Waals surface area contributed by atoms with Crippen molar-refractivity contribution in [3.8, 4) is 0 Å². The van der Waals surface area contributed by atoms with E-state index in [1.54, 1.807) is 0 Å². The van der Waals surface area contributed by atoms with Crippen molar-refractivity contribution >= 4 is 0 Å². The fourth-order valence-corrected chi connectivity index (χ4v) is 3.04. The van der Waals surface area contributed by atoms with Gasteiger partial charge in [0.2, 0.25) is 0 Å². The minimum Gasteiger partial charge on any atom is -0.326 e. The lowest BCUT2D eigenvalue weighted by molar-refractivity contribution is -0.137. The highest BCUT2D eigenvalue weighted by atomic mass is 19.4. The van der Waals surface area contributed by atoms with Crippen molar-refractivity contribution in [3.63, 3.8) is 0 Å². The molecule has 1 fully saturated rings. The first-order chi connectivity index (χ1) is 9.82. The van der Waals surface area contributed by atoms with E-state index in [2.05, 4.69) is 4.90 Å². The van der Waals surface area contributed by atoms with Crippen molar-refractivity contribution in [1.82, 2.24) is 4.90 Å². The Balaban J connectivity index is 2.40. The van der Waals surface area contributed by atoms with Crippen LogP contribution in [-0.2, 0) is 6.18 Å². The summed E-state index contributed by atoms with van der Waals surface area (Å²) < 4.78 is 52.1. The summed E-state index contributed by atoms with van der Waals surface area (Å²) in [6.07, 6.45) is -2.02. The standard InChI is InChI=1S/C15H20F4N2/c1-2-5-21-6-3-4-13(20)14(21)10-7-11(15(17,18)19)9-12(16)8-10/h7-9,13-14H,2-6,20H2,1H3. The molecule has 2 rings (SSSR count). The summed E-state index contributed by atoms with van der Waals surface area (Å²) in [6.45, 7) is 3.53. The third-order valence-electron chi connectivity index (χ3n) is 3.88. The number of nitrogens with zero attached hydrogens (tertiary/aromatic N) is 1. The van der Waals surface area contributed by atoms with Crippen LogP contribution in [0.3, 0.4) is 0 Å². The predicted molar refractivity (Wildman–Crippen MR) is 73.2 cm³/mol. The Hall–Kier alpha value is -1.14. The highest BCUT2D eigenvalue weighted by Crippen LogP contribution is 2.35. The van der Waals surface area contributed by atoms with Crippen LogP contribution in [-0.4, -0.2) is 24.0 Å². The first-order valence-corrected chi connectivity index (χ1v) is 7.20. The molecule has 0 spiro atoms. The van der Waals surface area contributed by atoms with E-state index in [0.29, 0.717) is 11.6 Å². The number of hydrogen-bond donors (Lipinski definition) is 1. The largest absolute Gasteiger partial charge is 0.416 e. The topological polar surface area (TPSA) is 29.3 Å². The van der Waals surface area contributed by atoms with Crippen molar-refractivity contribution in [2.24, 2.45) is 5.73 Å². The van der Waals surface area contributed by atoms with E-state index in [0.717, 1.165) is 38.4 Å². The molecule has 2 unspecified atom stereocenters. The highest BCUT2D eigenvalue weighted by Gasteiger charge is 2.35. The molecule has 2 atom stereocenters. The zero-order chi connectivity index (χ0) is 15.6. The second kappa shape index (κ2) is 6.32. The lowest BCUT2D eigenvalue weighted by atomic mass is 9.90.